The lowest BCUT2D eigenvalue weighted by Gasteiger charge is -2.12. The first-order valence-electron chi connectivity index (χ1n) is 8.49. The Labute approximate surface area is 156 Å². The molecule has 1 aromatic carbocycles. The van der Waals surface area contributed by atoms with Crippen LogP contribution in [0.4, 0.5) is 0 Å². The molecule has 3 aromatic rings. The molecule has 7 heteroatoms. The first-order chi connectivity index (χ1) is 12.4. The van der Waals surface area contributed by atoms with E-state index in [1.54, 1.807) is 4.68 Å². The fourth-order valence-corrected chi connectivity index (χ4v) is 3.63. The fraction of sp³-hybridized carbons (Fsp3) is 0.368. The number of esters is 1. The van der Waals surface area contributed by atoms with Crippen LogP contribution >= 0.6 is 11.3 Å². The van der Waals surface area contributed by atoms with Gasteiger partial charge in [0, 0.05) is 0 Å². The first kappa shape index (κ1) is 18.3. The van der Waals surface area contributed by atoms with Crippen LogP contribution in [0.5, 0.6) is 0 Å². The third-order valence-corrected chi connectivity index (χ3v) is 5.12. The van der Waals surface area contributed by atoms with Gasteiger partial charge in [0.1, 0.15) is 12.4 Å². The van der Waals surface area contributed by atoms with E-state index in [2.05, 4.69) is 35.0 Å². The van der Waals surface area contributed by atoms with Gasteiger partial charge in [-0.25, -0.2) is 19.4 Å². The Morgan fingerprint density at radius 3 is 2.58 bits per heavy atom. The van der Waals surface area contributed by atoms with Crippen molar-refractivity contribution >= 4 is 17.3 Å². The number of carbonyl (C=O) groups excluding carboxylic acids is 1. The summed E-state index contributed by atoms with van der Waals surface area (Å²) in [5, 5.41) is 5.34. The molecule has 0 saturated carbocycles. The molecule has 0 radical (unpaired) electrons. The number of para-hydroxylation sites is 1. The molecule has 0 saturated heterocycles. The second-order valence-corrected chi connectivity index (χ2v) is 7.71. The fourth-order valence-electron chi connectivity index (χ4n) is 2.78. The molecule has 0 fully saturated rings. The third-order valence-electron chi connectivity index (χ3n) is 4.07. The normalized spacial score (nSPS) is 11.2. The molecule has 0 atom stereocenters. The summed E-state index contributed by atoms with van der Waals surface area (Å²) in [6.45, 7) is 10.1. The Morgan fingerprint density at radius 2 is 1.92 bits per heavy atom. The first-order valence-corrected chi connectivity index (χ1v) is 9.31. The van der Waals surface area contributed by atoms with Crippen LogP contribution in [0, 0.1) is 20.8 Å². The summed E-state index contributed by atoms with van der Waals surface area (Å²) in [5.41, 5.74) is 2.97. The maximum atomic E-state index is 12.4. The zero-order valence-corrected chi connectivity index (χ0v) is 16.4. The highest BCUT2D eigenvalue weighted by atomic mass is 32.1. The minimum Gasteiger partial charge on any atom is -0.454 e. The Balaban J connectivity index is 1.82. The monoisotopic (exact) mass is 370 g/mol. The molecule has 0 aliphatic rings. The van der Waals surface area contributed by atoms with E-state index in [9.17, 15) is 4.79 Å². The molecule has 0 bridgehead atoms. The van der Waals surface area contributed by atoms with Crippen LogP contribution in [0.1, 0.15) is 57.4 Å². The smallest absolute Gasteiger partial charge is 0.378 e. The van der Waals surface area contributed by atoms with Crippen LogP contribution in [0.25, 0.3) is 5.69 Å². The van der Waals surface area contributed by atoms with Gasteiger partial charge in [-0.2, -0.15) is 0 Å². The number of thiazole rings is 1. The van der Waals surface area contributed by atoms with Crippen molar-refractivity contribution in [2.45, 2.75) is 47.1 Å². The zero-order valence-electron chi connectivity index (χ0n) is 15.6. The van der Waals surface area contributed by atoms with Crippen molar-refractivity contribution in [3.63, 3.8) is 0 Å². The summed E-state index contributed by atoms with van der Waals surface area (Å²) in [5.74, 6) is 0.525. The van der Waals surface area contributed by atoms with Gasteiger partial charge in [-0.15, -0.1) is 16.4 Å². The molecule has 26 heavy (non-hydrogen) atoms. The number of hydrogen-bond acceptors (Lipinski definition) is 6. The molecule has 136 valence electrons. The van der Waals surface area contributed by atoms with E-state index < -0.39 is 5.97 Å². The maximum Gasteiger partial charge on any atom is 0.378 e. The number of aromatic nitrogens is 4. The quantitative estimate of drug-likeness (QED) is 0.632. The highest BCUT2D eigenvalue weighted by Crippen LogP contribution is 2.23. The summed E-state index contributed by atoms with van der Waals surface area (Å²) in [6, 6.07) is 8.00. The number of carbonyl (C=O) groups is 1. The van der Waals surface area contributed by atoms with Gasteiger partial charge in [0.15, 0.2) is 0 Å². The van der Waals surface area contributed by atoms with Crippen molar-refractivity contribution in [2.75, 3.05) is 0 Å². The van der Waals surface area contributed by atoms with Crippen molar-refractivity contribution in [2.24, 2.45) is 0 Å². The average molecular weight is 370 g/mol. The molecule has 3 rings (SSSR count). The largest absolute Gasteiger partial charge is 0.454 e. The number of hydrogen-bond donors (Lipinski definition) is 0. The molecule has 0 spiro atoms. The molecule has 0 aliphatic heterocycles. The van der Waals surface area contributed by atoms with E-state index in [-0.39, 0.29) is 12.4 Å². The number of nitrogens with zero attached hydrogens (tertiary/aromatic N) is 4. The van der Waals surface area contributed by atoms with Crippen molar-refractivity contribution < 1.29 is 9.53 Å². The highest BCUT2D eigenvalue weighted by molar-refractivity contribution is 7.11. The van der Waals surface area contributed by atoms with E-state index in [0.717, 1.165) is 26.8 Å². The van der Waals surface area contributed by atoms with Crippen LogP contribution in [-0.4, -0.2) is 25.7 Å². The predicted molar refractivity (Wildman–Crippen MR) is 101 cm³/mol. The summed E-state index contributed by atoms with van der Waals surface area (Å²) < 4.78 is 7.09. The van der Waals surface area contributed by atoms with Crippen LogP contribution < -0.4 is 0 Å². The number of aryl methyl sites for hydroxylation is 3. The van der Waals surface area contributed by atoms with E-state index in [4.69, 9.17) is 4.74 Å². The Hall–Kier alpha value is -2.54. The second kappa shape index (κ2) is 7.37. The Bertz CT molecular complexity index is 943. The molecule has 0 N–H and O–H groups in total. The van der Waals surface area contributed by atoms with Gasteiger partial charge in [-0.3, -0.25) is 0 Å². The molecular formula is C19H22N4O2S. The topological polar surface area (TPSA) is 69.9 Å². The molecule has 2 aromatic heterocycles. The van der Waals surface area contributed by atoms with Gasteiger partial charge in [0.05, 0.1) is 21.3 Å². The maximum absolute atomic E-state index is 12.4. The Kier molecular flexibility index (Phi) is 5.18. The molecule has 6 nitrogen and oxygen atoms in total. The molecule has 0 unspecified atom stereocenters. The van der Waals surface area contributed by atoms with Gasteiger partial charge in [0.25, 0.3) is 5.82 Å². The van der Waals surface area contributed by atoms with E-state index in [0.29, 0.717) is 11.7 Å². The van der Waals surface area contributed by atoms with E-state index >= 15 is 0 Å². The van der Waals surface area contributed by atoms with Crippen molar-refractivity contribution in [3.8, 4) is 5.69 Å². The molecule has 0 amide bonds. The summed E-state index contributed by atoms with van der Waals surface area (Å²) in [7, 11) is 0. The lowest BCUT2D eigenvalue weighted by molar-refractivity contribution is 0.0461. The Morgan fingerprint density at radius 1 is 1.19 bits per heavy atom. The number of benzene rings is 1. The molecule has 2 heterocycles. The average Bonchev–Trinajstić information content (AvgIpc) is 3.14. The van der Waals surface area contributed by atoms with Gasteiger partial charge < -0.3 is 4.74 Å². The minimum atomic E-state index is -0.528. The number of ether oxygens (including phenoxy) is 1. The lowest BCUT2D eigenvalue weighted by Crippen LogP contribution is -2.09. The summed E-state index contributed by atoms with van der Waals surface area (Å²) in [6.07, 6.45) is 0. The summed E-state index contributed by atoms with van der Waals surface area (Å²) in [4.78, 5) is 21.9. The van der Waals surface area contributed by atoms with E-state index in [1.165, 1.54) is 11.3 Å². The second-order valence-electron chi connectivity index (χ2n) is 6.43. The van der Waals surface area contributed by atoms with Crippen LogP contribution in [0.15, 0.2) is 24.3 Å². The number of rotatable bonds is 5. The van der Waals surface area contributed by atoms with Crippen LogP contribution in [-0.2, 0) is 11.3 Å². The molecular weight excluding hydrogens is 348 g/mol. The minimum absolute atomic E-state index is 0.0694. The van der Waals surface area contributed by atoms with Crippen molar-refractivity contribution in [1.82, 2.24) is 19.7 Å². The highest BCUT2D eigenvalue weighted by Gasteiger charge is 2.19. The zero-order chi connectivity index (χ0) is 18.8. The van der Waals surface area contributed by atoms with Crippen molar-refractivity contribution in [3.05, 3.63) is 57.1 Å². The molecule has 0 aliphatic carbocycles. The van der Waals surface area contributed by atoms with Crippen LogP contribution in [0.2, 0.25) is 0 Å². The third kappa shape index (κ3) is 3.67. The summed E-state index contributed by atoms with van der Waals surface area (Å²) >= 11 is 1.53. The van der Waals surface area contributed by atoms with Crippen molar-refractivity contribution in [1.29, 1.82) is 0 Å². The van der Waals surface area contributed by atoms with Gasteiger partial charge in [-0.05, 0) is 38.3 Å². The van der Waals surface area contributed by atoms with Crippen LogP contribution in [0.3, 0.4) is 0 Å². The van der Waals surface area contributed by atoms with E-state index in [1.807, 2.05) is 39.0 Å². The standard InChI is InChI=1S/C19H22N4O2S/c1-11(2)15-8-6-7-9-16(15)23-13(4)21-18(22-23)19(24)25-10-17-12(3)20-14(5)26-17/h6-9,11H,10H2,1-5H3. The SMILES string of the molecule is Cc1nc(C)c(COC(=O)c2nc(C)n(-c3ccccc3C(C)C)n2)s1. The van der Waals surface area contributed by atoms with Gasteiger partial charge in [0.2, 0.25) is 0 Å². The predicted octanol–water partition coefficient (Wildman–Crippen LogP) is 4.13. The van der Waals surface area contributed by atoms with Gasteiger partial charge in [-0.1, -0.05) is 32.0 Å². The van der Waals surface area contributed by atoms with Gasteiger partial charge >= 0.3 is 5.97 Å². The lowest BCUT2D eigenvalue weighted by atomic mass is 10.0.